The second kappa shape index (κ2) is 5.66. The lowest BCUT2D eigenvalue weighted by molar-refractivity contribution is -0.386. The molecule has 20 heavy (non-hydrogen) atoms. The Morgan fingerprint density at radius 2 is 2.10 bits per heavy atom. The summed E-state index contributed by atoms with van der Waals surface area (Å²) in [7, 11) is 0. The van der Waals surface area contributed by atoms with Crippen LogP contribution in [0.4, 0.5) is 5.69 Å². The van der Waals surface area contributed by atoms with Crippen LogP contribution in [0.25, 0.3) is 0 Å². The fourth-order valence-electron chi connectivity index (χ4n) is 1.87. The first-order valence-electron chi connectivity index (χ1n) is 6.01. The molecule has 2 aromatic rings. The third-order valence-electron chi connectivity index (χ3n) is 2.86. The van der Waals surface area contributed by atoms with Crippen LogP contribution in [0.15, 0.2) is 30.5 Å². The van der Waals surface area contributed by atoms with E-state index in [1.54, 1.807) is 32.0 Å². The van der Waals surface area contributed by atoms with E-state index in [4.69, 9.17) is 9.84 Å². The van der Waals surface area contributed by atoms with Crippen molar-refractivity contribution in [3.05, 3.63) is 57.3 Å². The number of pyridine rings is 1. The molecule has 1 N–H and O–H groups in total. The number of ether oxygens (including phenoxy) is 1. The first kappa shape index (κ1) is 14.0. The molecule has 0 aliphatic heterocycles. The molecule has 0 aliphatic carbocycles. The maximum Gasteiger partial charge on any atom is 0.314 e. The van der Waals surface area contributed by atoms with Gasteiger partial charge in [0.15, 0.2) is 0 Å². The van der Waals surface area contributed by atoms with E-state index in [0.29, 0.717) is 16.7 Å². The molecular formula is C14H14N2O4. The molecule has 0 atom stereocenters. The van der Waals surface area contributed by atoms with E-state index in [9.17, 15) is 10.1 Å². The summed E-state index contributed by atoms with van der Waals surface area (Å²) in [6.45, 7) is 3.31. The van der Waals surface area contributed by atoms with Gasteiger partial charge in [-0.25, -0.2) is 4.98 Å². The van der Waals surface area contributed by atoms with Crippen molar-refractivity contribution in [1.82, 2.24) is 4.98 Å². The average molecular weight is 274 g/mol. The number of aromatic nitrogens is 1. The van der Waals surface area contributed by atoms with E-state index in [1.165, 1.54) is 12.3 Å². The topological polar surface area (TPSA) is 85.5 Å². The number of benzene rings is 1. The van der Waals surface area contributed by atoms with E-state index in [1.807, 2.05) is 0 Å². The van der Waals surface area contributed by atoms with Gasteiger partial charge in [-0.2, -0.15) is 0 Å². The van der Waals surface area contributed by atoms with Crippen LogP contribution in [0.2, 0.25) is 0 Å². The number of hydrogen-bond acceptors (Lipinski definition) is 5. The van der Waals surface area contributed by atoms with Gasteiger partial charge in [-0.15, -0.1) is 0 Å². The second-order valence-corrected chi connectivity index (χ2v) is 4.40. The van der Waals surface area contributed by atoms with Gasteiger partial charge in [0, 0.05) is 17.3 Å². The molecule has 0 saturated carbocycles. The van der Waals surface area contributed by atoms with Crippen molar-refractivity contribution in [2.45, 2.75) is 20.5 Å². The van der Waals surface area contributed by atoms with Crippen LogP contribution in [-0.4, -0.2) is 15.0 Å². The SMILES string of the molecule is Cc1cc(CO)cnc1Oc1cccc(C)c1[N+](=O)[O-]. The Hall–Kier alpha value is -2.47. The van der Waals surface area contributed by atoms with Gasteiger partial charge in [0.25, 0.3) is 0 Å². The average Bonchev–Trinajstić information content (AvgIpc) is 2.40. The Balaban J connectivity index is 2.40. The molecule has 0 saturated heterocycles. The maximum absolute atomic E-state index is 11.1. The normalized spacial score (nSPS) is 10.3. The Morgan fingerprint density at radius 3 is 2.70 bits per heavy atom. The van der Waals surface area contributed by atoms with E-state index < -0.39 is 4.92 Å². The third kappa shape index (κ3) is 2.75. The first-order chi connectivity index (χ1) is 9.52. The van der Waals surface area contributed by atoms with Crippen molar-refractivity contribution in [3.63, 3.8) is 0 Å². The summed E-state index contributed by atoms with van der Waals surface area (Å²) in [5.41, 5.74) is 1.82. The standard InChI is InChI=1S/C14H14N2O4/c1-9-4-3-5-12(13(9)16(18)19)20-14-10(2)6-11(8-17)7-15-14/h3-7,17H,8H2,1-2H3. The summed E-state index contributed by atoms with van der Waals surface area (Å²) in [4.78, 5) is 14.7. The Morgan fingerprint density at radius 1 is 1.35 bits per heavy atom. The van der Waals surface area contributed by atoms with Crippen molar-refractivity contribution in [2.24, 2.45) is 0 Å². The molecule has 0 spiro atoms. The number of nitro groups is 1. The summed E-state index contributed by atoms with van der Waals surface area (Å²) in [6.07, 6.45) is 1.48. The van der Waals surface area contributed by atoms with Crippen LogP contribution in [0, 0.1) is 24.0 Å². The van der Waals surface area contributed by atoms with Crippen LogP contribution in [0.5, 0.6) is 11.6 Å². The molecule has 0 aliphatic rings. The van der Waals surface area contributed by atoms with Gasteiger partial charge in [-0.1, -0.05) is 12.1 Å². The summed E-state index contributed by atoms with van der Waals surface area (Å²) < 4.78 is 5.55. The quantitative estimate of drug-likeness (QED) is 0.684. The number of para-hydroxylation sites is 1. The van der Waals surface area contributed by atoms with Crippen molar-refractivity contribution in [3.8, 4) is 11.6 Å². The highest BCUT2D eigenvalue weighted by Crippen LogP contribution is 2.34. The zero-order valence-electron chi connectivity index (χ0n) is 11.2. The minimum absolute atomic E-state index is 0.0695. The largest absolute Gasteiger partial charge is 0.432 e. The van der Waals surface area contributed by atoms with Gasteiger partial charge < -0.3 is 9.84 Å². The lowest BCUT2D eigenvalue weighted by Crippen LogP contribution is -1.99. The number of aliphatic hydroxyl groups excluding tert-OH is 1. The highest BCUT2D eigenvalue weighted by atomic mass is 16.6. The number of nitro benzene ring substituents is 1. The number of rotatable bonds is 4. The molecule has 1 aromatic heterocycles. The molecule has 0 fully saturated rings. The molecule has 104 valence electrons. The smallest absolute Gasteiger partial charge is 0.314 e. The summed E-state index contributed by atoms with van der Waals surface area (Å²) in [5, 5.41) is 20.1. The van der Waals surface area contributed by atoms with Gasteiger partial charge >= 0.3 is 5.69 Å². The van der Waals surface area contributed by atoms with Gasteiger partial charge in [0.1, 0.15) is 0 Å². The summed E-state index contributed by atoms with van der Waals surface area (Å²) in [6, 6.07) is 6.60. The zero-order chi connectivity index (χ0) is 14.7. The van der Waals surface area contributed by atoms with Crippen molar-refractivity contribution in [2.75, 3.05) is 0 Å². The second-order valence-electron chi connectivity index (χ2n) is 4.40. The van der Waals surface area contributed by atoms with Crippen LogP contribution in [0.3, 0.4) is 0 Å². The molecular weight excluding hydrogens is 260 g/mol. The van der Waals surface area contributed by atoms with Crippen molar-refractivity contribution < 1.29 is 14.8 Å². The van der Waals surface area contributed by atoms with E-state index in [-0.39, 0.29) is 23.9 Å². The van der Waals surface area contributed by atoms with Crippen LogP contribution in [0.1, 0.15) is 16.7 Å². The van der Waals surface area contributed by atoms with Gasteiger partial charge in [0.2, 0.25) is 11.6 Å². The number of nitrogens with zero attached hydrogens (tertiary/aromatic N) is 2. The lowest BCUT2D eigenvalue weighted by atomic mass is 10.2. The number of aryl methyl sites for hydroxylation is 2. The monoisotopic (exact) mass is 274 g/mol. The maximum atomic E-state index is 11.1. The van der Waals surface area contributed by atoms with Crippen LogP contribution < -0.4 is 4.74 Å². The number of hydrogen-bond donors (Lipinski definition) is 1. The molecule has 0 unspecified atom stereocenters. The molecule has 6 nitrogen and oxygen atoms in total. The fraction of sp³-hybridized carbons (Fsp3) is 0.214. The minimum atomic E-state index is -0.470. The van der Waals surface area contributed by atoms with Crippen molar-refractivity contribution in [1.29, 1.82) is 0 Å². The molecule has 6 heteroatoms. The van der Waals surface area contributed by atoms with Crippen molar-refractivity contribution >= 4 is 5.69 Å². The minimum Gasteiger partial charge on any atom is -0.432 e. The zero-order valence-corrected chi connectivity index (χ0v) is 11.2. The van der Waals surface area contributed by atoms with Crippen LogP contribution >= 0.6 is 0 Å². The summed E-state index contributed by atoms with van der Waals surface area (Å²) in [5.74, 6) is 0.443. The fourth-order valence-corrected chi connectivity index (χ4v) is 1.87. The van der Waals surface area contributed by atoms with E-state index in [2.05, 4.69) is 4.98 Å². The molecule has 1 aromatic carbocycles. The predicted octanol–water partition coefficient (Wildman–Crippen LogP) is 2.89. The molecule has 2 rings (SSSR count). The highest BCUT2D eigenvalue weighted by Gasteiger charge is 2.19. The molecule has 0 radical (unpaired) electrons. The Kier molecular flexibility index (Phi) is 3.95. The van der Waals surface area contributed by atoms with Gasteiger partial charge in [-0.05, 0) is 31.5 Å². The van der Waals surface area contributed by atoms with Gasteiger partial charge in [0.05, 0.1) is 11.5 Å². The molecule has 0 bridgehead atoms. The van der Waals surface area contributed by atoms with E-state index >= 15 is 0 Å². The van der Waals surface area contributed by atoms with E-state index in [0.717, 1.165) is 0 Å². The highest BCUT2D eigenvalue weighted by molar-refractivity contribution is 5.53. The molecule has 0 amide bonds. The molecule has 1 heterocycles. The lowest BCUT2D eigenvalue weighted by Gasteiger charge is -2.09. The number of aliphatic hydroxyl groups is 1. The Bertz CT molecular complexity index is 656. The Labute approximate surface area is 115 Å². The third-order valence-corrected chi connectivity index (χ3v) is 2.86. The van der Waals surface area contributed by atoms with Gasteiger partial charge in [-0.3, -0.25) is 10.1 Å². The van der Waals surface area contributed by atoms with Crippen LogP contribution in [-0.2, 0) is 6.61 Å². The summed E-state index contributed by atoms with van der Waals surface area (Å²) >= 11 is 0. The first-order valence-corrected chi connectivity index (χ1v) is 6.01. The predicted molar refractivity (Wildman–Crippen MR) is 72.8 cm³/mol.